The Labute approximate surface area is 366 Å². The average Bonchev–Trinajstić information content (AvgIpc) is 3.22. The molecule has 350 valence electrons. The zero-order valence-corrected chi connectivity index (χ0v) is 39.9. The molecule has 0 spiro atoms. The molecule has 0 aliphatic rings. The fourth-order valence-electron chi connectivity index (χ4n) is 7.68. The SMILES string of the molecule is CCCCCCCCCCCCCCC/C=C/CC/C=C/C(O)C(COP(=O)(O)OCCN)NC(=O)CCCCCCCCCCCCCCCCCCCCCCC. The van der Waals surface area contributed by atoms with E-state index in [0.29, 0.717) is 6.42 Å². The number of carbonyl (C=O) groups is 1. The third kappa shape index (κ3) is 44.8. The first-order chi connectivity index (χ1) is 28.9. The van der Waals surface area contributed by atoms with Crippen molar-refractivity contribution in [2.24, 2.45) is 5.73 Å². The largest absolute Gasteiger partial charge is 0.472 e. The zero-order chi connectivity index (χ0) is 43.2. The van der Waals surface area contributed by atoms with Gasteiger partial charge >= 0.3 is 7.82 Å². The number of nitrogens with one attached hydrogen (secondary N) is 1. The van der Waals surface area contributed by atoms with Crippen LogP contribution >= 0.6 is 7.82 Å². The van der Waals surface area contributed by atoms with Crippen LogP contribution in [0.5, 0.6) is 0 Å². The number of phosphoric ester groups is 1. The number of unbranched alkanes of at least 4 members (excludes halogenated alkanes) is 34. The van der Waals surface area contributed by atoms with Gasteiger partial charge in [-0.05, 0) is 32.1 Å². The van der Waals surface area contributed by atoms with Crippen LogP contribution in [-0.4, -0.2) is 47.8 Å². The molecule has 0 aromatic rings. The highest BCUT2D eigenvalue weighted by Gasteiger charge is 2.26. The van der Waals surface area contributed by atoms with Gasteiger partial charge in [0.2, 0.25) is 5.91 Å². The van der Waals surface area contributed by atoms with Crippen molar-refractivity contribution in [3.05, 3.63) is 24.3 Å². The Morgan fingerprint density at radius 2 is 0.898 bits per heavy atom. The standard InChI is InChI=1S/C50H99N2O6P/c1-3-5-7-9-11-13-15-17-19-21-23-24-26-28-30-32-34-36-38-40-42-44-50(54)52-48(47-58-59(55,56)57-46-45-51)49(53)43-41-39-37-35-33-31-29-27-25-22-20-18-16-14-12-10-8-6-4-2/h33,35,41,43,48-49,53H,3-32,34,36-40,42,44-47,51H2,1-2H3,(H,52,54)(H,55,56)/b35-33+,43-41+. The van der Waals surface area contributed by atoms with Crippen LogP contribution in [0.2, 0.25) is 0 Å². The second-order valence-corrected chi connectivity index (χ2v) is 18.8. The Morgan fingerprint density at radius 3 is 1.31 bits per heavy atom. The molecule has 0 saturated heterocycles. The predicted molar refractivity (Wildman–Crippen MR) is 254 cm³/mol. The predicted octanol–water partition coefficient (Wildman–Crippen LogP) is 14.9. The second-order valence-electron chi connectivity index (χ2n) is 17.4. The lowest BCUT2D eigenvalue weighted by Crippen LogP contribution is -2.45. The lowest BCUT2D eigenvalue weighted by atomic mass is 10.0. The number of aliphatic hydroxyl groups is 1. The summed E-state index contributed by atoms with van der Waals surface area (Å²) in [6.45, 7) is 4.15. The molecule has 59 heavy (non-hydrogen) atoms. The molecule has 8 nitrogen and oxygen atoms in total. The van der Waals surface area contributed by atoms with Gasteiger partial charge in [0.25, 0.3) is 0 Å². The van der Waals surface area contributed by atoms with E-state index in [1.165, 1.54) is 199 Å². The number of hydrogen-bond donors (Lipinski definition) is 4. The van der Waals surface area contributed by atoms with E-state index in [1.807, 2.05) is 6.08 Å². The molecule has 0 bridgehead atoms. The number of aliphatic hydroxyl groups excluding tert-OH is 1. The number of hydrogen-bond acceptors (Lipinski definition) is 6. The minimum Gasteiger partial charge on any atom is -0.387 e. The second kappa shape index (κ2) is 46.5. The number of allylic oxidation sites excluding steroid dienone is 3. The molecule has 0 radical (unpaired) electrons. The monoisotopic (exact) mass is 855 g/mol. The maximum Gasteiger partial charge on any atom is 0.472 e. The minimum atomic E-state index is -4.35. The highest BCUT2D eigenvalue weighted by Crippen LogP contribution is 2.43. The summed E-state index contributed by atoms with van der Waals surface area (Å²) < 4.78 is 22.2. The summed E-state index contributed by atoms with van der Waals surface area (Å²) in [6.07, 6.45) is 55.3. The van der Waals surface area contributed by atoms with E-state index in [9.17, 15) is 19.4 Å². The van der Waals surface area contributed by atoms with Crippen LogP contribution < -0.4 is 11.1 Å². The summed E-state index contributed by atoms with van der Waals surface area (Å²) in [5.74, 6) is -0.199. The fourth-order valence-corrected chi connectivity index (χ4v) is 8.44. The van der Waals surface area contributed by atoms with Gasteiger partial charge in [-0.1, -0.05) is 244 Å². The lowest BCUT2D eigenvalue weighted by molar-refractivity contribution is -0.123. The molecule has 0 saturated carbocycles. The Balaban J connectivity index is 4.11. The fraction of sp³-hybridized carbons (Fsp3) is 0.900. The molecule has 0 aliphatic carbocycles. The minimum absolute atomic E-state index is 0.0762. The van der Waals surface area contributed by atoms with E-state index in [0.717, 1.165) is 38.5 Å². The van der Waals surface area contributed by atoms with Crippen molar-refractivity contribution in [3.8, 4) is 0 Å². The molecule has 0 fully saturated rings. The summed E-state index contributed by atoms with van der Waals surface area (Å²) in [4.78, 5) is 22.8. The number of rotatable bonds is 48. The third-order valence-electron chi connectivity index (χ3n) is 11.5. The number of nitrogens with two attached hydrogens (primary N) is 1. The van der Waals surface area contributed by atoms with Crippen molar-refractivity contribution >= 4 is 13.7 Å². The molecule has 9 heteroatoms. The molecule has 1 amide bonds. The van der Waals surface area contributed by atoms with Crippen LogP contribution in [0.15, 0.2) is 24.3 Å². The molecule has 3 unspecified atom stereocenters. The maximum atomic E-state index is 12.8. The Hall–Kier alpha value is -1.02. The summed E-state index contributed by atoms with van der Waals surface area (Å²) in [5.41, 5.74) is 5.39. The third-order valence-corrected chi connectivity index (χ3v) is 12.5. The van der Waals surface area contributed by atoms with Crippen LogP contribution in [0.25, 0.3) is 0 Å². The molecule has 0 aromatic heterocycles. The summed E-state index contributed by atoms with van der Waals surface area (Å²) in [6, 6.07) is -0.873. The zero-order valence-electron chi connectivity index (χ0n) is 39.0. The summed E-state index contributed by atoms with van der Waals surface area (Å²) >= 11 is 0. The molecular formula is C50H99N2O6P. The van der Waals surface area contributed by atoms with E-state index in [-0.39, 0.29) is 25.7 Å². The van der Waals surface area contributed by atoms with Gasteiger partial charge in [-0.25, -0.2) is 4.57 Å². The van der Waals surface area contributed by atoms with E-state index >= 15 is 0 Å². The van der Waals surface area contributed by atoms with Gasteiger partial charge < -0.3 is 21.1 Å². The van der Waals surface area contributed by atoms with Crippen LogP contribution in [0, 0.1) is 0 Å². The first-order valence-electron chi connectivity index (χ1n) is 25.5. The quantitative estimate of drug-likeness (QED) is 0.0272. The van der Waals surface area contributed by atoms with Crippen LogP contribution in [0.4, 0.5) is 0 Å². The first-order valence-corrected chi connectivity index (χ1v) is 27.0. The first kappa shape index (κ1) is 58.0. The maximum absolute atomic E-state index is 12.8. The van der Waals surface area contributed by atoms with Gasteiger partial charge in [-0.2, -0.15) is 0 Å². The van der Waals surface area contributed by atoms with Crippen molar-refractivity contribution in [1.29, 1.82) is 0 Å². The average molecular weight is 855 g/mol. The highest BCUT2D eigenvalue weighted by atomic mass is 31.2. The van der Waals surface area contributed by atoms with Gasteiger partial charge in [-0.3, -0.25) is 13.8 Å². The molecule has 0 aromatic carbocycles. The summed E-state index contributed by atoms with van der Waals surface area (Å²) in [5, 5.41) is 13.7. The smallest absolute Gasteiger partial charge is 0.387 e. The molecule has 0 aliphatic heterocycles. The number of carbonyl (C=O) groups excluding carboxylic acids is 1. The molecule has 3 atom stereocenters. The van der Waals surface area contributed by atoms with Gasteiger partial charge in [0, 0.05) is 13.0 Å². The molecule has 0 rings (SSSR count). The number of phosphoric acid groups is 1. The van der Waals surface area contributed by atoms with Crippen molar-refractivity contribution in [1.82, 2.24) is 5.32 Å². The van der Waals surface area contributed by atoms with Gasteiger partial charge in [0.05, 0.1) is 25.4 Å². The summed E-state index contributed by atoms with van der Waals surface area (Å²) in [7, 11) is -4.35. The van der Waals surface area contributed by atoms with Crippen LogP contribution in [0.1, 0.15) is 258 Å². The van der Waals surface area contributed by atoms with Crippen molar-refractivity contribution < 1.29 is 28.4 Å². The van der Waals surface area contributed by atoms with Crippen molar-refractivity contribution in [3.63, 3.8) is 0 Å². The molecular weight excluding hydrogens is 756 g/mol. The lowest BCUT2D eigenvalue weighted by Gasteiger charge is -2.23. The Bertz CT molecular complexity index is 979. The number of amides is 1. The van der Waals surface area contributed by atoms with Crippen LogP contribution in [-0.2, 0) is 18.4 Å². The van der Waals surface area contributed by atoms with E-state index in [4.69, 9.17) is 14.8 Å². The van der Waals surface area contributed by atoms with E-state index < -0.39 is 20.0 Å². The highest BCUT2D eigenvalue weighted by molar-refractivity contribution is 7.47. The van der Waals surface area contributed by atoms with E-state index in [2.05, 4.69) is 31.3 Å². The van der Waals surface area contributed by atoms with Crippen molar-refractivity contribution in [2.75, 3.05) is 19.8 Å². The normalized spacial score (nSPS) is 14.1. The topological polar surface area (TPSA) is 131 Å². The molecule has 5 N–H and O–H groups in total. The van der Waals surface area contributed by atoms with E-state index in [1.54, 1.807) is 6.08 Å². The van der Waals surface area contributed by atoms with Crippen molar-refractivity contribution in [2.45, 2.75) is 270 Å². The van der Waals surface area contributed by atoms with Gasteiger partial charge in [0.15, 0.2) is 0 Å². The van der Waals surface area contributed by atoms with Gasteiger partial charge in [0.1, 0.15) is 0 Å². The van der Waals surface area contributed by atoms with Crippen LogP contribution in [0.3, 0.4) is 0 Å². The Morgan fingerprint density at radius 1 is 0.542 bits per heavy atom. The van der Waals surface area contributed by atoms with Gasteiger partial charge in [-0.15, -0.1) is 0 Å². The Kier molecular flexibility index (Phi) is 45.7. The molecule has 0 heterocycles.